The average Bonchev–Trinajstić information content (AvgIpc) is 2.93. The van der Waals surface area contributed by atoms with E-state index in [1.54, 1.807) is 12.1 Å². The summed E-state index contributed by atoms with van der Waals surface area (Å²) in [5.74, 6) is 2.87. The van der Waals surface area contributed by atoms with Crippen LogP contribution in [0.25, 0.3) is 0 Å². The van der Waals surface area contributed by atoms with E-state index in [0.717, 1.165) is 29.5 Å². The highest BCUT2D eigenvalue weighted by Gasteiger charge is 2.16. The van der Waals surface area contributed by atoms with Gasteiger partial charge in [0.15, 0.2) is 0 Å². The molecule has 4 nitrogen and oxygen atoms in total. The van der Waals surface area contributed by atoms with Gasteiger partial charge in [0.05, 0.1) is 4.92 Å². The van der Waals surface area contributed by atoms with Gasteiger partial charge >= 0.3 is 0 Å². The van der Waals surface area contributed by atoms with E-state index in [-0.39, 0.29) is 10.6 Å². The lowest BCUT2D eigenvalue weighted by Crippen LogP contribution is -2.02. The Bertz CT molecular complexity index is 459. The zero-order valence-corrected chi connectivity index (χ0v) is 12.7. The van der Waals surface area contributed by atoms with Crippen LogP contribution in [0, 0.1) is 16.0 Å². The summed E-state index contributed by atoms with van der Waals surface area (Å²) in [7, 11) is 0. The number of rotatable bonds is 7. The molecule has 1 aromatic carbocycles. The van der Waals surface area contributed by atoms with Crippen LogP contribution in [0.1, 0.15) is 38.2 Å². The molecule has 5 heteroatoms. The van der Waals surface area contributed by atoms with E-state index in [1.165, 1.54) is 31.4 Å². The van der Waals surface area contributed by atoms with Crippen LogP contribution in [0.2, 0.25) is 0 Å². The lowest BCUT2D eigenvalue weighted by atomic mass is 10.1. The number of hydrogen-bond acceptors (Lipinski definition) is 4. The summed E-state index contributed by atoms with van der Waals surface area (Å²) in [6.45, 7) is 2.87. The molecule has 0 radical (unpaired) electrons. The summed E-state index contributed by atoms with van der Waals surface area (Å²) in [5, 5.41) is 14.2. The van der Waals surface area contributed by atoms with Crippen LogP contribution >= 0.6 is 11.8 Å². The molecular formula is C15H22N2O2S. The Morgan fingerprint density at radius 2 is 2.15 bits per heavy atom. The van der Waals surface area contributed by atoms with Crippen LogP contribution < -0.4 is 5.32 Å². The van der Waals surface area contributed by atoms with E-state index in [4.69, 9.17) is 0 Å². The second-order valence-electron chi connectivity index (χ2n) is 5.29. The summed E-state index contributed by atoms with van der Waals surface area (Å²) >= 11 is 1.90. The first kappa shape index (κ1) is 15.2. The molecule has 0 heterocycles. The van der Waals surface area contributed by atoms with E-state index < -0.39 is 0 Å². The van der Waals surface area contributed by atoms with E-state index >= 15 is 0 Å². The van der Waals surface area contributed by atoms with Crippen molar-refractivity contribution in [2.24, 2.45) is 5.92 Å². The van der Waals surface area contributed by atoms with Gasteiger partial charge in [-0.3, -0.25) is 10.1 Å². The quantitative estimate of drug-likeness (QED) is 0.596. The van der Waals surface area contributed by atoms with Crippen molar-refractivity contribution in [1.82, 2.24) is 0 Å². The summed E-state index contributed by atoms with van der Waals surface area (Å²) in [4.78, 5) is 10.6. The van der Waals surface area contributed by atoms with Crippen LogP contribution in [0.5, 0.6) is 0 Å². The number of benzene rings is 1. The summed E-state index contributed by atoms with van der Waals surface area (Å²) in [5.41, 5.74) is 2.25. The zero-order valence-electron chi connectivity index (χ0n) is 11.9. The van der Waals surface area contributed by atoms with E-state index in [2.05, 4.69) is 5.32 Å². The van der Waals surface area contributed by atoms with Crippen molar-refractivity contribution in [3.8, 4) is 0 Å². The van der Waals surface area contributed by atoms with Gasteiger partial charge in [-0.15, -0.1) is 0 Å². The monoisotopic (exact) mass is 294 g/mol. The molecule has 1 saturated carbocycles. The molecule has 0 atom stereocenters. The fourth-order valence-electron chi connectivity index (χ4n) is 2.69. The minimum absolute atomic E-state index is 0.183. The molecule has 0 aromatic heterocycles. The van der Waals surface area contributed by atoms with Crippen molar-refractivity contribution in [1.29, 1.82) is 0 Å². The normalized spacial score (nSPS) is 15.4. The maximum atomic E-state index is 10.9. The molecule has 1 fully saturated rings. The van der Waals surface area contributed by atoms with E-state index in [0.29, 0.717) is 0 Å². The number of nitrogens with zero attached hydrogens (tertiary/aromatic N) is 1. The minimum atomic E-state index is -0.319. The van der Waals surface area contributed by atoms with Crippen molar-refractivity contribution in [2.45, 2.75) is 38.4 Å². The molecule has 110 valence electrons. The van der Waals surface area contributed by atoms with Crippen molar-refractivity contribution < 1.29 is 4.92 Å². The Morgan fingerprint density at radius 3 is 2.80 bits per heavy atom. The van der Waals surface area contributed by atoms with E-state index in [1.807, 2.05) is 24.8 Å². The van der Waals surface area contributed by atoms with Crippen molar-refractivity contribution >= 4 is 23.1 Å². The second-order valence-corrected chi connectivity index (χ2v) is 6.32. The third-order valence-electron chi connectivity index (χ3n) is 3.75. The predicted octanol–water partition coefficient (Wildman–Crippen LogP) is 4.45. The maximum Gasteiger partial charge on any atom is 0.269 e. The summed E-state index contributed by atoms with van der Waals surface area (Å²) in [6, 6.07) is 5.11. The lowest BCUT2D eigenvalue weighted by molar-refractivity contribution is -0.384. The lowest BCUT2D eigenvalue weighted by Gasteiger charge is -2.12. The molecule has 20 heavy (non-hydrogen) atoms. The fraction of sp³-hybridized carbons (Fsp3) is 0.600. The smallest absolute Gasteiger partial charge is 0.269 e. The number of hydrogen-bond donors (Lipinski definition) is 1. The summed E-state index contributed by atoms with van der Waals surface area (Å²) < 4.78 is 0. The van der Waals surface area contributed by atoms with Gasteiger partial charge < -0.3 is 5.32 Å². The predicted molar refractivity (Wildman–Crippen MR) is 85.4 cm³/mol. The topological polar surface area (TPSA) is 55.2 Å². The Hall–Kier alpha value is -1.23. The van der Waals surface area contributed by atoms with Gasteiger partial charge in [-0.1, -0.05) is 12.8 Å². The highest BCUT2D eigenvalue weighted by atomic mass is 32.2. The number of thioether (sulfide) groups is 1. The Balaban J connectivity index is 1.98. The van der Waals surface area contributed by atoms with Crippen LogP contribution in [-0.2, 0) is 5.75 Å². The van der Waals surface area contributed by atoms with Crippen LogP contribution in [0.3, 0.4) is 0 Å². The Morgan fingerprint density at radius 1 is 1.40 bits per heavy atom. The molecule has 0 amide bonds. The molecule has 0 bridgehead atoms. The third-order valence-corrected chi connectivity index (χ3v) is 4.97. The fourth-order valence-corrected chi connectivity index (χ4v) is 3.93. The third kappa shape index (κ3) is 4.13. The first-order valence-electron chi connectivity index (χ1n) is 7.29. The van der Waals surface area contributed by atoms with Crippen LogP contribution in [-0.4, -0.2) is 17.2 Å². The first-order valence-corrected chi connectivity index (χ1v) is 8.45. The van der Waals surface area contributed by atoms with Crippen LogP contribution in [0.4, 0.5) is 11.4 Å². The van der Waals surface area contributed by atoms with Crippen LogP contribution in [0.15, 0.2) is 18.2 Å². The molecule has 1 aromatic rings. The average molecular weight is 294 g/mol. The Kier molecular flexibility index (Phi) is 5.71. The van der Waals surface area contributed by atoms with Crippen molar-refractivity contribution in [2.75, 3.05) is 17.6 Å². The van der Waals surface area contributed by atoms with Crippen molar-refractivity contribution in [3.05, 3.63) is 33.9 Å². The van der Waals surface area contributed by atoms with Crippen molar-refractivity contribution in [3.63, 3.8) is 0 Å². The highest BCUT2D eigenvalue weighted by molar-refractivity contribution is 7.98. The number of nitro benzene ring substituents is 1. The van der Waals surface area contributed by atoms with Gasteiger partial charge in [0.1, 0.15) is 0 Å². The number of nitrogens with one attached hydrogen (secondary N) is 1. The minimum Gasteiger partial charge on any atom is -0.385 e. The molecule has 1 aliphatic carbocycles. The SMILES string of the molecule is CCNc1ccc([N+](=O)[O-])cc1CSCC1CCCC1. The maximum absolute atomic E-state index is 10.9. The molecule has 0 unspecified atom stereocenters. The molecule has 1 N–H and O–H groups in total. The van der Waals surface area contributed by atoms with Gasteiger partial charge in [-0.2, -0.15) is 11.8 Å². The Labute approximate surface area is 124 Å². The van der Waals surface area contributed by atoms with E-state index in [9.17, 15) is 10.1 Å². The first-order chi connectivity index (χ1) is 9.70. The van der Waals surface area contributed by atoms with Gasteiger partial charge in [-0.05, 0) is 43.1 Å². The van der Waals surface area contributed by atoms with Gasteiger partial charge in [0, 0.05) is 30.1 Å². The van der Waals surface area contributed by atoms with Gasteiger partial charge in [0.25, 0.3) is 5.69 Å². The second kappa shape index (κ2) is 7.53. The molecule has 0 spiro atoms. The molecular weight excluding hydrogens is 272 g/mol. The largest absolute Gasteiger partial charge is 0.385 e. The molecule has 0 saturated heterocycles. The number of anilines is 1. The molecule has 1 aliphatic rings. The molecule has 0 aliphatic heterocycles. The zero-order chi connectivity index (χ0) is 14.4. The van der Waals surface area contributed by atoms with Gasteiger partial charge in [-0.25, -0.2) is 0 Å². The summed E-state index contributed by atoms with van der Waals surface area (Å²) in [6.07, 6.45) is 5.43. The van der Waals surface area contributed by atoms with Gasteiger partial charge in [0.2, 0.25) is 0 Å². The standard InChI is InChI=1S/C15H22N2O2S/c1-2-16-15-8-7-14(17(18)19)9-13(15)11-20-10-12-5-3-4-6-12/h7-9,12,16H,2-6,10-11H2,1H3. The number of non-ortho nitro benzene ring substituents is 1. The highest BCUT2D eigenvalue weighted by Crippen LogP contribution is 2.31. The molecule has 2 rings (SSSR count). The number of nitro groups is 1.